The van der Waals surface area contributed by atoms with Crippen molar-refractivity contribution in [1.82, 2.24) is 10.3 Å². The number of fused-ring (bicyclic) bond motifs is 1. The van der Waals surface area contributed by atoms with Gasteiger partial charge in [0, 0.05) is 21.8 Å². The third kappa shape index (κ3) is 5.18. The standard InChI is InChI=1S/C23H17Br2N3O4S/c1-30-15-7-8-19-18(11-15)27-22(32-19)12-3-5-14(6-4-12)26-23(33)28-21(29)16-9-13(24)10-17(25)20(16)31-2/h3-11H,1-2H3,(H2,26,28,29,33). The molecule has 168 valence electrons. The number of hydrogen-bond acceptors (Lipinski definition) is 6. The van der Waals surface area contributed by atoms with Crippen LogP contribution in [0.1, 0.15) is 10.4 Å². The van der Waals surface area contributed by atoms with Gasteiger partial charge in [-0.1, -0.05) is 15.9 Å². The number of hydrogen-bond donors (Lipinski definition) is 2. The van der Waals surface area contributed by atoms with Crippen LogP contribution in [-0.2, 0) is 0 Å². The fourth-order valence-electron chi connectivity index (χ4n) is 3.12. The first-order valence-corrected chi connectivity index (χ1v) is 11.6. The maximum absolute atomic E-state index is 12.7. The van der Waals surface area contributed by atoms with Crippen molar-refractivity contribution in [3.63, 3.8) is 0 Å². The van der Waals surface area contributed by atoms with Crippen LogP contribution < -0.4 is 20.1 Å². The SMILES string of the molecule is COc1ccc2oc(-c3ccc(NC(=S)NC(=O)c4cc(Br)cc(Br)c4OC)cc3)nc2c1. The molecule has 0 spiro atoms. The lowest BCUT2D eigenvalue weighted by Gasteiger charge is -2.13. The minimum absolute atomic E-state index is 0.153. The van der Waals surface area contributed by atoms with E-state index in [0.29, 0.717) is 44.2 Å². The van der Waals surface area contributed by atoms with Gasteiger partial charge >= 0.3 is 0 Å². The number of oxazole rings is 1. The van der Waals surface area contributed by atoms with Gasteiger partial charge in [0.15, 0.2) is 10.7 Å². The maximum atomic E-state index is 12.7. The minimum atomic E-state index is -0.398. The molecule has 3 aromatic carbocycles. The van der Waals surface area contributed by atoms with Crippen LogP contribution in [0.15, 0.2) is 68.0 Å². The van der Waals surface area contributed by atoms with Gasteiger partial charge in [-0.05, 0) is 76.7 Å². The van der Waals surface area contributed by atoms with Crippen LogP contribution in [0.2, 0.25) is 0 Å². The fraction of sp³-hybridized carbons (Fsp3) is 0.0870. The van der Waals surface area contributed by atoms with Gasteiger partial charge in [0.25, 0.3) is 5.91 Å². The van der Waals surface area contributed by atoms with Crippen molar-refractivity contribution < 1.29 is 18.7 Å². The number of benzene rings is 3. The molecule has 0 saturated heterocycles. The predicted molar refractivity (Wildman–Crippen MR) is 138 cm³/mol. The van der Waals surface area contributed by atoms with E-state index >= 15 is 0 Å². The third-order valence-electron chi connectivity index (χ3n) is 4.67. The van der Waals surface area contributed by atoms with Gasteiger partial charge in [-0.15, -0.1) is 0 Å². The van der Waals surface area contributed by atoms with Crippen LogP contribution in [0.25, 0.3) is 22.6 Å². The normalized spacial score (nSPS) is 10.7. The van der Waals surface area contributed by atoms with Crippen molar-refractivity contribution >= 4 is 71.9 Å². The first kappa shape index (κ1) is 23.2. The molecular formula is C23H17Br2N3O4S. The molecule has 0 aliphatic heterocycles. The van der Waals surface area contributed by atoms with Crippen LogP contribution in [0.5, 0.6) is 11.5 Å². The molecule has 0 bridgehead atoms. The zero-order valence-electron chi connectivity index (χ0n) is 17.4. The Morgan fingerprint density at radius 2 is 1.79 bits per heavy atom. The first-order valence-electron chi connectivity index (χ1n) is 9.58. The molecule has 7 nitrogen and oxygen atoms in total. The highest BCUT2D eigenvalue weighted by molar-refractivity contribution is 9.11. The molecule has 1 heterocycles. The van der Waals surface area contributed by atoms with E-state index in [1.54, 1.807) is 19.2 Å². The van der Waals surface area contributed by atoms with E-state index in [9.17, 15) is 4.79 Å². The molecule has 4 rings (SSSR count). The average Bonchev–Trinajstić information content (AvgIpc) is 3.22. The summed E-state index contributed by atoms with van der Waals surface area (Å²) in [6.07, 6.45) is 0. The summed E-state index contributed by atoms with van der Waals surface area (Å²) in [5.41, 5.74) is 3.22. The van der Waals surface area contributed by atoms with Crippen molar-refractivity contribution in [2.75, 3.05) is 19.5 Å². The zero-order chi connectivity index (χ0) is 23.5. The molecule has 0 unspecified atom stereocenters. The molecule has 0 atom stereocenters. The molecule has 0 saturated carbocycles. The number of nitrogens with one attached hydrogen (secondary N) is 2. The van der Waals surface area contributed by atoms with Crippen LogP contribution in [0, 0.1) is 0 Å². The van der Waals surface area contributed by atoms with Gasteiger partial charge in [0.1, 0.15) is 17.0 Å². The van der Waals surface area contributed by atoms with Crippen molar-refractivity contribution in [2.45, 2.75) is 0 Å². The Morgan fingerprint density at radius 1 is 1.03 bits per heavy atom. The Balaban J connectivity index is 1.45. The molecular weight excluding hydrogens is 574 g/mol. The number of halogens is 2. The van der Waals surface area contributed by atoms with E-state index in [1.807, 2.05) is 42.5 Å². The average molecular weight is 591 g/mol. The largest absolute Gasteiger partial charge is 0.497 e. The van der Waals surface area contributed by atoms with Crippen molar-refractivity contribution in [3.05, 3.63) is 69.1 Å². The summed E-state index contributed by atoms with van der Waals surface area (Å²) in [4.78, 5) is 17.2. The number of aromatic nitrogens is 1. The van der Waals surface area contributed by atoms with Crippen LogP contribution in [0.4, 0.5) is 5.69 Å². The molecule has 0 fully saturated rings. The van der Waals surface area contributed by atoms with Crippen molar-refractivity contribution in [1.29, 1.82) is 0 Å². The van der Waals surface area contributed by atoms with Crippen LogP contribution in [0.3, 0.4) is 0 Å². The molecule has 0 aliphatic rings. The second-order valence-corrected chi connectivity index (χ2v) is 8.98. The maximum Gasteiger partial charge on any atom is 0.261 e. The quantitative estimate of drug-likeness (QED) is 0.269. The smallest absolute Gasteiger partial charge is 0.261 e. The summed E-state index contributed by atoms with van der Waals surface area (Å²) in [6, 6.07) is 16.2. The Kier molecular flexibility index (Phi) is 6.96. The number of rotatable bonds is 5. The molecule has 1 aromatic heterocycles. The van der Waals surface area contributed by atoms with E-state index < -0.39 is 5.91 Å². The van der Waals surface area contributed by atoms with Crippen LogP contribution in [-0.4, -0.2) is 30.2 Å². The second-order valence-electron chi connectivity index (χ2n) is 6.81. The highest BCUT2D eigenvalue weighted by Crippen LogP contribution is 2.32. The van der Waals surface area contributed by atoms with E-state index in [-0.39, 0.29) is 5.11 Å². The number of nitrogens with zero attached hydrogens (tertiary/aromatic N) is 1. The van der Waals surface area contributed by atoms with E-state index in [1.165, 1.54) is 7.11 Å². The van der Waals surface area contributed by atoms with Crippen molar-refractivity contribution in [2.24, 2.45) is 0 Å². The van der Waals surface area contributed by atoms with Gasteiger partial charge in [-0.3, -0.25) is 10.1 Å². The van der Waals surface area contributed by atoms with Gasteiger partial charge in [0.2, 0.25) is 5.89 Å². The summed E-state index contributed by atoms with van der Waals surface area (Å²) >= 11 is 12.1. The summed E-state index contributed by atoms with van der Waals surface area (Å²) in [5.74, 6) is 1.22. The number of ether oxygens (including phenoxy) is 2. The predicted octanol–water partition coefficient (Wildman–Crippen LogP) is 6.16. The van der Waals surface area contributed by atoms with E-state index in [4.69, 9.17) is 26.1 Å². The number of carbonyl (C=O) groups excluding carboxylic acids is 1. The molecule has 0 aliphatic carbocycles. The lowest BCUT2D eigenvalue weighted by atomic mass is 10.2. The number of methoxy groups -OCH3 is 2. The highest BCUT2D eigenvalue weighted by atomic mass is 79.9. The van der Waals surface area contributed by atoms with Gasteiger partial charge < -0.3 is 19.2 Å². The monoisotopic (exact) mass is 589 g/mol. The molecule has 4 aromatic rings. The molecule has 2 N–H and O–H groups in total. The molecule has 10 heteroatoms. The van der Waals surface area contributed by atoms with Gasteiger partial charge in [0.05, 0.1) is 24.3 Å². The van der Waals surface area contributed by atoms with Gasteiger partial charge in [-0.25, -0.2) is 4.98 Å². The molecule has 0 radical (unpaired) electrons. The zero-order valence-corrected chi connectivity index (χ0v) is 21.4. The Hall–Kier alpha value is -2.95. The Labute approximate surface area is 211 Å². The Bertz CT molecular complexity index is 1360. The lowest BCUT2D eigenvalue weighted by molar-refractivity contribution is 0.0974. The summed E-state index contributed by atoms with van der Waals surface area (Å²) in [5, 5.41) is 5.82. The van der Waals surface area contributed by atoms with E-state index in [2.05, 4.69) is 47.5 Å². The van der Waals surface area contributed by atoms with Gasteiger partial charge in [-0.2, -0.15) is 0 Å². The van der Waals surface area contributed by atoms with Crippen LogP contribution >= 0.6 is 44.1 Å². The number of amides is 1. The molecule has 33 heavy (non-hydrogen) atoms. The minimum Gasteiger partial charge on any atom is -0.497 e. The lowest BCUT2D eigenvalue weighted by Crippen LogP contribution is -2.34. The summed E-state index contributed by atoms with van der Waals surface area (Å²) in [6.45, 7) is 0. The van der Waals surface area contributed by atoms with E-state index in [0.717, 1.165) is 10.0 Å². The third-order valence-corrected chi connectivity index (χ3v) is 5.92. The first-order chi connectivity index (χ1) is 15.9. The summed E-state index contributed by atoms with van der Waals surface area (Å²) < 4.78 is 17.8. The summed E-state index contributed by atoms with van der Waals surface area (Å²) in [7, 11) is 3.10. The number of carbonyl (C=O) groups is 1. The highest BCUT2D eigenvalue weighted by Gasteiger charge is 2.17. The molecule has 1 amide bonds. The topological polar surface area (TPSA) is 85.6 Å². The number of anilines is 1. The van der Waals surface area contributed by atoms with Crippen molar-refractivity contribution in [3.8, 4) is 23.0 Å². The number of thiocarbonyl (C=S) groups is 1. The second kappa shape index (κ2) is 9.90. The fourth-order valence-corrected chi connectivity index (χ4v) is 4.72. The Morgan fingerprint density at radius 3 is 2.48 bits per heavy atom.